The first kappa shape index (κ1) is 19.4. The molecule has 10 heteroatoms. The van der Waals surface area contributed by atoms with Crippen LogP contribution in [-0.4, -0.2) is 30.4 Å². The van der Waals surface area contributed by atoms with Crippen molar-refractivity contribution in [2.24, 2.45) is 0 Å². The van der Waals surface area contributed by atoms with Gasteiger partial charge < -0.3 is 5.32 Å². The molecular weight excluding hydrogens is 383 g/mol. The first-order valence-corrected chi connectivity index (χ1v) is 10.2. The number of nitrogens with one attached hydrogen (secondary N) is 1. The van der Waals surface area contributed by atoms with Crippen LogP contribution in [0.15, 0.2) is 29.2 Å². The predicted molar refractivity (Wildman–Crippen MR) is 92.1 cm³/mol. The first-order chi connectivity index (χ1) is 12.6. The Hall–Kier alpha value is -2.36. The van der Waals surface area contributed by atoms with E-state index >= 15 is 0 Å². The van der Waals surface area contributed by atoms with Crippen LogP contribution >= 0.6 is 0 Å². The number of aromatic nitrogens is 2. The fourth-order valence-electron chi connectivity index (χ4n) is 3.17. The van der Waals surface area contributed by atoms with E-state index < -0.39 is 27.6 Å². The molecule has 1 aliphatic carbocycles. The van der Waals surface area contributed by atoms with Crippen LogP contribution in [0.25, 0.3) is 0 Å². The molecule has 6 nitrogen and oxygen atoms in total. The van der Waals surface area contributed by atoms with Gasteiger partial charge in [0.15, 0.2) is 15.5 Å². The van der Waals surface area contributed by atoms with Crippen molar-refractivity contribution >= 4 is 21.4 Å². The lowest BCUT2D eigenvalue weighted by atomic mass is 9.95. The fraction of sp³-hybridized carbons (Fsp3) is 0.412. The average Bonchev–Trinajstić information content (AvgIpc) is 2.93. The Morgan fingerprint density at radius 3 is 2.63 bits per heavy atom. The molecule has 0 atom stereocenters. The Balaban J connectivity index is 1.82. The molecule has 0 aliphatic heterocycles. The number of amides is 1. The van der Waals surface area contributed by atoms with Crippen LogP contribution in [0.1, 0.15) is 29.8 Å². The van der Waals surface area contributed by atoms with Gasteiger partial charge in [0.25, 0.3) is 0 Å². The Kier molecular flexibility index (Phi) is 5.02. The summed E-state index contributed by atoms with van der Waals surface area (Å²) in [4.78, 5) is 12.3. The minimum absolute atomic E-state index is 0.0381. The minimum Gasteiger partial charge on any atom is -0.324 e. The summed E-state index contributed by atoms with van der Waals surface area (Å²) >= 11 is 0. The maximum atomic E-state index is 13.2. The number of sulfone groups is 1. The van der Waals surface area contributed by atoms with Gasteiger partial charge in [-0.1, -0.05) is 6.07 Å². The summed E-state index contributed by atoms with van der Waals surface area (Å²) in [6.07, 6.45) is -1.38. The summed E-state index contributed by atoms with van der Waals surface area (Å²) in [5, 5.41) is 6.15. The third-order valence-electron chi connectivity index (χ3n) is 4.36. The van der Waals surface area contributed by atoms with E-state index in [9.17, 15) is 26.4 Å². The van der Waals surface area contributed by atoms with Gasteiger partial charge in [-0.3, -0.25) is 9.48 Å². The van der Waals surface area contributed by atoms with Crippen molar-refractivity contribution in [3.8, 4) is 0 Å². The van der Waals surface area contributed by atoms with Gasteiger partial charge in [0.1, 0.15) is 6.54 Å². The van der Waals surface area contributed by atoms with Crippen molar-refractivity contribution in [2.75, 3.05) is 11.6 Å². The number of nitrogens with zero attached hydrogens (tertiary/aromatic N) is 2. The summed E-state index contributed by atoms with van der Waals surface area (Å²) in [5.41, 5.74) is -0.0710. The molecule has 2 aromatic rings. The number of anilines is 1. The van der Waals surface area contributed by atoms with Crippen LogP contribution in [0.4, 0.5) is 18.9 Å². The highest BCUT2D eigenvalue weighted by Gasteiger charge is 2.39. The van der Waals surface area contributed by atoms with Crippen molar-refractivity contribution in [1.29, 1.82) is 0 Å². The molecule has 1 N–H and O–H groups in total. The number of fused-ring (bicyclic) bond motifs is 1. The van der Waals surface area contributed by atoms with E-state index in [1.165, 1.54) is 24.3 Å². The van der Waals surface area contributed by atoms with Crippen molar-refractivity contribution in [2.45, 2.75) is 43.3 Å². The summed E-state index contributed by atoms with van der Waals surface area (Å²) in [5.74, 6) is -0.578. The number of rotatable bonds is 4. The number of halogens is 3. The van der Waals surface area contributed by atoms with Gasteiger partial charge >= 0.3 is 6.18 Å². The number of carbonyl (C=O) groups is 1. The SMILES string of the molecule is CS(=O)(=O)c1cccc(NC(=O)Cn2nc(C(F)(F)F)c3c2CCCC3)c1. The molecular formula is C17H18F3N3O3S. The van der Waals surface area contributed by atoms with Gasteiger partial charge in [-0.05, 0) is 43.9 Å². The van der Waals surface area contributed by atoms with Crippen LogP contribution in [0, 0.1) is 0 Å². The summed E-state index contributed by atoms with van der Waals surface area (Å²) < 4.78 is 63.9. The van der Waals surface area contributed by atoms with Crippen LogP contribution in [0.5, 0.6) is 0 Å². The number of hydrogen-bond donors (Lipinski definition) is 1. The fourth-order valence-corrected chi connectivity index (χ4v) is 3.84. The monoisotopic (exact) mass is 401 g/mol. The Morgan fingerprint density at radius 1 is 1.26 bits per heavy atom. The van der Waals surface area contributed by atoms with Gasteiger partial charge in [0.2, 0.25) is 5.91 Å². The molecule has 0 unspecified atom stereocenters. The summed E-state index contributed by atoms with van der Waals surface area (Å²) in [6, 6.07) is 5.67. The summed E-state index contributed by atoms with van der Waals surface area (Å²) in [7, 11) is -3.44. The Labute approximate surface area is 154 Å². The molecule has 0 saturated carbocycles. The van der Waals surface area contributed by atoms with E-state index in [-0.39, 0.29) is 22.7 Å². The largest absolute Gasteiger partial charge is 0.435 e. The number of benzene rings is 1. The van der Waals surface area contributed by atoms with Gasteiger partial charge in [-0.2, -0.15) is 18.3 Å². The second-order valence-electron chi connectivity index (χ2n) is 6.48. The van der Waals surface area contributed by atoms with Crippen molar-refractivity contribution in [3.05, 3.63) is 41.2 Å². The molecule has 0 fully saturated rings. The first-order valence-electron chi connectivity index (χ1n) is 8.31. The third kappa shape index (κ3) is 4.32. The molecule has 27 heavy (non-hydrogen) atoms. The van der Waals surface area contributed by atoms with Gasteiger partial charge in [-0.25, -0.2) is 8.42 Å². The topological polar surface area (TPSA) is 81.1 Å². The summed E-state index contributed by atoms with van der Waals surface area (Å²) in [6.45, 7) is -0.373. The highest BCUT2D eigenvalue weighted by atomic mass is 32.2. The molecule has 0 spiro atoms. The van der Waals surface area contributed by atoms with E-state index in [2.05, 4.69) is 10.4 Å². The van der Waals surface area contributed by atoms with Gasteiger partial charge in [-0.15, -0.1) is 0 Å². The Bertz CT molecular complexity index is 981. The normalized spacial score (nSPS) is 14.7. The quantitative estimate of drug-likeness (QED) is 0.854. The highest BCUT2D eigenvalue weighted by molar-refractivity contribution is 7.90. The van der Waals surface area contributed by atoms with Crippen molar-refractivity contribution < 1.29 is 26.4 Å². The molecule has 0 bridgehead atoms. The zero-order valence-corrected chi connectivity index (χ0v) is 15.3. The molecule has 3 rings (SSSR count). The maximum absolute atomic E-state index is 13.2. The lowest BCUT2D eigenvalue weighted by molar-refractivity contribution is -0.142. The molecule has 0 radical (unpaired) electrons. The van der Waals surface area contributed by atoms with E-state index in [0.717, 1.165) is 17.4 Å². The van der Waals surface area contributed by atoms with E-state index in [1.54, 1.807) is 0 Å². The van der Waals surface area contributed by atoms with E-state index in [4.69, 9.17) is 0 Å². The second kappa shape index (κ2) is 6.99. The van der Waals surface area contributed by atoms with Gasteiger partial charge in [0, 0.05) is 23.2 Å². The smallest absolute Gasteiger partial charge is 0.324 e. The van der Waals surface area contributed by atoms with E-state index in [0.29, 0.717) is 25.0 Å². The highest BCUT2D eigenvalue weighted by Crippen LogP contribution is 2.35. The molecule has 146 valence electrons. The zero-order chi connectivity index (χ0) is 19.8. The van der Waals surface area contributed by atoms with E-state index in [1.807, 2.05) is 0 Å². The van der Waals surface area contributed by atoms with Crippen LogP contribution in [0.3, 0.4) is 0 Å². The van der Waals surface area contributed by atoms with Crippen molar-refractivity contribution in [1.82, 2.24) is 9.78 Å². The lowest BCUT2D eigenvalue weighted by Gasteiger charge is -2.14. The molecule has 1 heterocycles. The number of alkyl halides is 3. The molecule has 1 aromatic heterocycles. The molecule has 1 aromatic carbocycles. The standard InChI is InChI=1S/C17H18F3N3O3S/c1-27(25,26)12-6-4-5-11(9-12)21-15(24)10-23-14-8-3-2-7-13(14)16(22-23)17(18,19)20/h4-6,9H,2-3,7-8,10H2,1H3,(H,21,24). The molecule has 1 aliphatic rings. The number of hydrogen-bond acceptors (Lipinski definition) is 4. The van der Waals surface area contributed by atoms with Crippen molar-refractivity contribution in [3.63, 3.8) is 0 Å². The Morgan fingerprint density at radius 2 is 1.96 bits per heavy atom. The number of carbonyl (C=O) groups excluding carboxylic acids is 1. The van der Waals surface area contributed by atoms with Gasteiger partial charge in [0.05, 0.1) is 4.90 Å². The van der Waals surface area contributed by atoms with Crippen LogP contribution in [0.2, 0.25) is 0 Å². The average molecular weight is 401 g/mol. The molecule has 1 amide bonds. The minimum atomic E-state index is -4.56. The molecule has 0 saturated heterocycles. The van der Waals surface area contributed by atoms with Crippen LogP contribution < -0.4 is 5.32 Å². The zero-order valence-electron chi connectivity index (χ0n) is 14.5. The maximum Gasteiger partial charge on any atom is 0.435 e. The third-order valence-corrected chi connectivity index (χ3v) is 5.47. The van der Waals surface area contributed by atoms with Crippen LogP contribution in [-0.2, 0) is 40.2 Å². The predicted octanol–water partition coefficient (Wildman–Crippen LogP) is 2.82. The second-order valence-corrected chi connectivity index (χ2v) is 8.50. The lowest BCUT2D eigenvalue weighted by Crippen LogP contribution is -2.22.